The third-order valence-electron chi connectivity index (χ3n) is 2.54. The summed E-state index contributed by atoms with van der Waals surface area (Å²) in [5.41, 5.74) is -0.0972. The van der Waals surface area contributed by atoms with Gasteiger partial charge in [-0.2, -0.15) is 13.2 Å². The fourth-order valence-corrected chi connectivity index (χ4v) is 2.37. The molecule has 11 heteroatoms. The van der Waals surface area contributed by atoms with E-state index in [1.54, 1.807) is 6.07 Å². The molecule has 0 aliphatic heterocycles. The van der Waals surface area contributed by atoms with Gasteiger partial charge in [-0.1, -0.05) is 17.8 Å². The van der Waals surface area contributed by atoms with Crippen molar-refractivity contribution in [2.75, 3.05) is 12.4 Å². The van der Waals surface area contributed by atoms with Crippen LogP contribution in [0.4, 0.5) is 18.9 Å². The molecule has 0 N–H and O–H groups in total. The summed E-state index contributed by atoms with van der Waals surface area (Å²) >= 11 is 1.05. The highest BCUT2D eigenvalue weighted by Gasteiger charge is 2.29. The molecule has 0 spiro atoms. The Labute approximate surface area is 132 Å². The maximum atomic E-state index is 12.3. The Kier molecular flexibility index (Phi) is 5.42. The second-order valence-electron chi connectivity index (χ2n) is 4.31. The van der Waals surface area contributed by atoms with Gasteiger partial charge < -0.3 is 4.74 Å². The van der Waals surface area contributed by atoms with Crippen molar-refractivity contribution in [3.8, 4) is 5.75 Å². The second-order valence-corrected chi connectivity index (χ2v) is 5.37. The zero-order valence-electron chi connectivity index (χ0n) is 11.6. The third-order valence-corrected chi connectivity index (χ3v) is 3.49. The van der Waals surface area contributed by atoms with Crippen molar-refractivity contribution >= 4 is 17.4 Å². The molecule has 1 aromatic carbocycles. The lowest BCUT2D eigenvalue weighted by Crippen LogP contribution is -2.18. The summed E-state index contributed by atoms with van der Waals surface area (Å²) in [6.07, 6.45) is -3.34. The molecule has 2 rings (SSSR count). The number of non-ortho nitro benzene ring substituents is 1. The van der Waals surface area contributed by atoms with Crippen molar-refractivity contribution in [2.45, 2.75) is 17.9 Å². The highest BCUT2D eigenvalue weighted by atomic mass is 32.2. The smallest absolute Gasteiger partial charge is 0.406 e. The van der Waals surface area contributed by atoms with Gasteiger partial charge in [0.2, 0.25) is 0 Å². The van der Waals surface area contributed by atoms with Crippen molar-refractivity contribution in [3.05, 3.63) is 40.7 Å². The van der Waals surface area contributed by atoms with Gasteiger partial charge in [-0.15, -0.1) is 10.2 Å². The molecule has 0 unspecified atom stereocenters. The topological polar surface area (TPSA) is 83.1 Å². The molecular weight excluding hydrogens is 337 g/mol. The first-order chi connectivity index (χ1) is 10.8. The molecule has 0 bridgehead atoms. The number of nitrogens with zero attached hydrogens (tertiary/aromatic N) is 4. The molecule has 0 amide bonds. The lowest BCUT2D eigenvalue weighted by atomic mass is 10.3. The molecule has 0 atom stereocenters. The number of ether oxygens (including phenoxy) is 1. The van der Waals surface area contributed by atoms with Crippen LogP contribution >= 0.6 is 11.8 Å². The number of nitro benzene ring substituents is 1. The molecular formula is C12H11F3N4O3S. The Morgan fingerprint density at radius 2 is 2.17 bits per heavy atom. The van der Waals surface area contributed by atoms with E-state index < -0.39 is 17.6 Å². The van der Waals surface area contributed by atoms with E-state index in [0.29, 0.717) is 11.5 Å². The van der Waals surface area contributed by atoms with Gasteiger partial charge in [0, 0.05) is 11.8 Å². The maximum Gasteiger partial charge on any atom is 0.406 e. The van der Waals surface area contributed by atoms with Crippen molar-refractivity contribution in [2.24, 2.45) is 0 Å². The molecule has 7 nitrogen and oxygen atoms in total. The average molecular weight is 348 g/mol. The van der Waals surface area contributed by atoms with Crippen LogP contribution in [-0.4, -0.2) is 38.2 Å². The summed E-state index contributed by atoms with van der Waals surface area (Å²) in [5.74, 6) is 0.635. The third kappa shape index (κ3) is 5.43. The van der Waals surface area contributed by atoms with Gasteiger partial charge in [0.1, 0.15) is 18.6 Å². The van der Waals surface area contributed by atoms with E-state index >= 15 is 0 Å². The molecule has 1 heterocycles. The number of aromatic nitrogens is 3. The highest BCUT2D eigenvalue weighted by Crippen LogP contribution is 2.23. The predicted octanol–water partition coefficient (Wildman–Crippen LogP) is 2.92. The zero-order chi connectivity index (χ0) is 16.9. The van der Waals surface area contributed by atoms with Crippen LogP contribution < -0.4 is 4.74 Å². The molecule has 0 fully saturated rings. The Morgan fingerprint density at radius 1 is 1.39 bits per heavy atom. The average Bonchev–Trinajstić information content (AvgIpc) is 2.89. The van der Waals surface area contributed by atoms with E-state index in [1.807, 2.05) is 0 Å². The number of hydrogen-bond donors (Lipinski definition) is 0. The van der Waals surface area contributed by atoms with Crippen LogP contribution in [0.5, 0.6) is 5.75 Å². The first kappa shape index (κ1) is 17.1. The Morgan fingerprint density at radius 3 is 2.87 bits per heavy atom. The molecule has 23 heavy (non-hydrogen) atoms. The van der Waals surface area contributed by atoms with Gasteiger partial charge in [-0.25, -0.2) is 0 Å². The van der Waals surface area contributed by atoms with Gasteiger partial charge in [0.05, 0.1) is 17.6 Å². The van der Waals surface area contributed by atoms with Gasteiger partial charge in [0.15, 0.2) is 5.16 Å². The summed E-state index contributed by atoms with van der Waals surface area (Å²) in [7, 11) is 0. The zero-order valence-corrected chi connectivity index (χ0v) is 12.4. The summed E-state index contributed by atoms with van der Waals surface area (Å²) in [6, 6.07) is 5.66. The van der Waals surface area contributed by atoms with E-state index in [1.165, 1.54) is 18.2 Å². The summed E-state index contributed by atoms with van der Waals surface area (Å²) in [4.78, 5) is 10.1. The monoisotopic (exact) mass is 348 g/mol. The van der Waals surface area contributed by atoms with E-state index in [-0.39, 0.29) is 17.5 Å². The first-order valence-electron chi connectivity index (χ1n) is 6.30. The van der Waals surface area contributed by atoms with Gasteiger partial charge >= 0.3 is 6.18 Å². The van der Waals surface area contributed by atoms with Gasteiger partial charge in [-0.05, 0) is 6.07 Å². The molecule has 2 aromatic rings. The van der Waals surface area contributed by atoms with Crippen molar-refractivity contribution in [1.29, 1.82) is 0 Å². The Balaban J connectivity index is 1.83. The Bertz CT molecular complexity index is 678. The minimum absolute atomic E-state index is 0.0972. The fourth-order valence-electron chi connectivity index (χ4n) is 1.64. The number of halogens is 3. The number of hydrogen-bond acceptors (Lipinski definition) is 6. The highest BCUT2D eigenvalue weighted by molar-refractivity contribution is 7.99. The number of nitro groups is 1. The molecule has 0 aliphatic carbocycles. The number of rotatable bonds is 7. The lowest BCUT2D eigenvalue weighted by molar-refractivity contribution is -0.384. The molecule has 124 valence electrons. The predicted molar refractivity (Wildman–Crippen MR) is 75.4 cm³/mol. The van der Waals surface area contributed by atoms with Crippen LogP contribution in [-0.2, 0) is 6.54 Å². The van der Waals surface area contributed by atoms with Gasteiger partial charge in [0.25, 0.3) is 5.69 Å². The minimum Gasteiger partial charge on any atom is -0.492 e. The summed E-state index contributed by atoms with van der Waals surface area (Å²) < 4.78 is 43.3. The van der Waals surface area contributed by atoms with Gasteiger partial charge in [-0.3, -0.25) is 14.7 Å². The summed E-state index contributed by atoms with van der Waals surface area (Å²) in [6.45, 7) is -1.00. The summed E-state index contributed by atoms with van der Waals surface area (Å²) in [5, 5.41) is 17.8. The molecule has 0 radical (unpaired) electrons. The maximum absolute atomic E-state index is 12.3. The number of alkyl halides is 3. The minimum atomic E-state index is -4.35. The van der Waals surface area contributed by atoms with E-state index in [4.69, 9.17) is 4.74 Å². The Hall–Kier alpha value is -2.30. The quantitative estimate of drug-likeness (QED) is 0.331. The van der Waals surface area contributed by atoms with Crippen molar-refractivity contribution in [1.82, 2.24) is 14.8 Å². The molecule has 1 aromatic heterocycles. The SMILES string of the molecule is O=[N+]([O-])c1cccc(OCCSc2nncn2CC(F)(F)F)c1. The van der Waals surface area contributed by atoms with Crippen LogP contribution in [0.1, 0.15) is 0 Å². The van der Waals surface area contributed by atoms with E-state index in [0.717, 1.165) is 22.7 Å². The number of thioether (sulfide) groups is 1. The van der Waals surface area contributed by atoms with Crippen LogP contribution in [0, 0.1) is 10.1 Å². The molecule has 0 saturated carbocycles. The lowest BCUT2D eigenvalue weighted by Gasteiger charge is -2.09. The van der Waals surface area contributed by atoms with Crippen LogP contribution in [0.2, 0.25) is 0 Å². The van der Waals surface area contributed by atoms with E-state index in [9.17, 15) is 23.3 Å². The second kappa shape index (κ2) is 7.31. The van der Waals surface area contributed by atoms with Crippen LogP contribution in [0.3, 0.4) is 0 Å². The van der Waals surface area contributed by atoms with E-state index in [2.05, 4.69) is 10.2 Å². The van der Waals surface area contributed by atoms with Crippen LogP contribution in [0.25, 0.3) is 0 Å². The standard InChI is InChI=1S/C12H11F3N4O3S/c13-12(14,15)7-18-8-16-17-11(18)23-5-4-22-10-3-1-2-9(6-10)19(20)21/h1-3,6,8H,4-5,7H2. The van der Waals surface area contributed by atoms with Crippen LogP contribution in [0.15, 0.2) is 35.7 Å². The largest absolute Gasteiger partial charge is 0.492 e. The number of benzene rings is 1. The fraction of sp³-hybridized carbons (Fsp3) is 0.333. The normalized spacial score (nSPS) is 11.4. The van der Waals surface area contributed by atoms with Crippen molar-refractivity contribution < 1.29 is 22.8 Å². The first-order valence-corrected chi connectivity index (χ1v) is 7.28. The molecule has 0 saturated heterocycles. The molecule has 0 aliphatic rings. The van der Waals surface area contributed by atoms with Crippen molar-refractivity contribution in [3.63, 3.8) is 0 Å².